The van der Waals surface area contributed by atoms with Crippen molar-refractivity contribution in [2.75, 3.05) is 0 Å². The first-order chi connectivity index (χ1) is 13.7. The first-order valence-electron chi connectivity index (χ1n) is 9.11. The molecule has 3 aromatic heterocycles. The number of rotatable bonds is 3. The average Bonchev–Trinajstić information content (AvgIpc) is 3.33. The van der Waals surface area contributed by atoms with Crippen molar-refractivity contribution in [3.8, 4) is 11.3 Å². The SMILES string of the molecule is O=c1c2c3c(sc2ncn1/N=C\c1ccc(-c2ccc(Br)cc2)o1)CCCC3. The molecule has 0 atom stereocenters. The van der Waals surface area contributed by atoms with Gasteiger partial charge in [0.2, 0.25) is 0 Å². The fourth-order valence-electron chi connectivity index (χ4n) is 3.53. The van der Waals surface area contributed by atoms with Gasteiger partial charge in [0.1, 0.15) is 22.7 Å². The monoisotopic (exact) mass is 453 g/mol. The second kappa shape index (κ2) is 7.14. The molecule has 0 saturated carbocycles. The summed E-state index contributed by atoms with van der Waals surface area (Å²) in [5, 5.41) is 5.03. The Morgan fingerprint density at radius 2 is 1.96 bits per heavy atom. The maximum Gasteiger partial charge on any atom is 0.282 e. The number of aryl methyl sites for hydroxylation is 2. The number of furan rings is 1. The van der Waals surface area contributed by atoms with E-state index in [1.165, 1.54) is 27.9 Å². The fourth-order valence-corrected chi connectivity index (χ4v) is 5.01. The van der Waals surface area contributed by atoms with Crippen LogP contribution in [0, 0.1) is 0 Å². The number of halogens is 1. The molecule has 0 amide bonds. The van der Waals surface area contributed by atoms with Crippen LogP contribution in [0.25, 0.3) is 21.5 Å². The van der Waals surface area contributed by atoms with E-state index in [1.807, 2.05) is 36.4 Å². The number of aromatic nitrogens is 2. The Kier molecular flexibility index (Phi) is 4.49. The Hall–Kier alpha value is -2.51. The minimum absolute atomic E-state index is 0.111. The zero-order valence-electron chi connectivity index (χ0n) is 14.9. The summed E-state index contributed by atoms with van der Waals surface area (Å²) >= 11 is 5.07. The van der Waals surface area contributed by atoms with Gasteiger partial charge in [0, 0.05) is 14.9 Å². The molecule has 3 heterocycles. The van der Waals surface area contributed by atoms with Gasteiger partial charge in [-0.05, 0) is 55.5 Å². The number of hydrogen-bond acceptors (Lipinski definition) is 5. The van der Waals surface area contributed by atoms with Crippen LogP contribution in [0.1, 0.15) is 29.0 Å². The molecular weight excluding hydrogens is 438 g/mol. The molecule has 7 heteroatoms. The summed E-state index contributed by atoms with van der Waals surface area (Å²) < 4.78 is 8.15. The molecule has 0 bridgehead atoms. The summed E-state index contributed by atoms with van der Waals surface area (Å²) in [5.74, 6) is 1.33. The molecule has 5 rings (SSSR count). The summed E-state index contributed by atoms with van der Waals surface area (Å²) in [5.41, 5.74) is 2.04. The predicted molar refractivity (Wildman–Crippen MR) is 115 cm³/mol. The van der Waals surface area contributed by atoms with Crippen molar-refractivity contribution in [1.82, 2.24) is 9.66 Å². The van der Waals surface area contributed by atoms with Crippen LogP contribution in [0.3, 0.4) is 0 Å². The molecule has 1 aromatic carbocycles. The van der Waals surface area contributed by atoms with Gasteiger partial charge < -0.3 is 4.42 Å². The van der Waals surface area contributed by atoms with Gasteiger partial charge in [-0.15, -0.1) is 11.3 Å². The van der Waals surface area contributed by atoms with Gasteiger partial charge in [-0.25, -0.2) is 4.98 Å². The summed E-state index contributed by atoms with van der Waals surface area (Å²) in [6, 6.07) is 11.6. The van der Waals surface area contributed by atoms with E-state index in [0.29, 0.717) is 5.76 Å². The summed E-state index contributed by atoms with van der Waals surface area (Å²) in [6.07, 6.45) is 7.35. The van der Waals surface area contributed by atoms with E-state index in [1.54, 1.807) is 17.6 Å². The minimum Gasteiger partial charge on any atom is -0.455 e. The molecule has 140 valence electrons. The Balaban J connectivity index is 1.47. The molecule has 0 radical (unpaired) electrons. The number of thiophene rings is 1. The topological polar surface area (TPSA) is 60.4 Å². The molecule has 0 N–H and O–H groups in total. The highest BCUT2D eigenvalue weighted by Gasteiger charge is 2.19. The van der Waals surface area contributed by atoms with Crippen molar-refractivity contribution < 1.29 is 4.42 Å². The van der Waals surface area contributed by atoms with E-state index in [-0.39, 0.29) is 5.56 Å². The lowest BCUT2D eigenvalue weighted by Crippen LogP contribution is -2.17. The molecule has 0 saturated heterocycles. The summed E-state index contributed by atoms with van der Waals surface area (Å²) in [7, 11) is 0. The van der Waals surface area contributed by atoms with Gasteiger partial charge in [-0.1, -0.05) is 28.1 Å². The standard InChI is InChI=1S/C21H16BrN3O2S/c22-14-7-5-13(6-8-14)17-10-9-15(27-17)11-24-25-12-23-20-19(21(25)26)16-3-1-2-4-18(16)28-20/h5-12H,1-4H2/b24-11-. The summed E-state index contributed by atoms with van der Waals surface area (Å²) in [4.78, 5) is 19.5. The van der Waals surface area contributed by atoms with Gasteiger partial charge in [-0.3, -0.25) is 4.79 Å². The normalized spacial score (nSPS) is 14.0. The van der Waals surface area contributed by atoms with Gasteiger partial charge >= 0.3 is 0 Å². The van der Waals surface area contributed by atoms with E-state index in [0.717, 1.165) is 45.3 Å². The maximum atomic E-state index is 12.9. The molecular formula is C21H16BrN3O2S. The number of nitrogens with zero attached hydrogens (tertiary/aromatic N) is 3. The maximum absolute atomic E-state index is 12.9. The van der Waals surface area contributed by atoms with Gasteiger partial charge in [-0.2, -0.15) is 9.78 Å². The van der Waals surface area contributed by atoms with E-state index in [4.69, 9.17) is 4.42 Å². The molecule has 4 aromatic rings. The van der Waals surface area contributed by atoms with Crippen LogP contribution in [0.15, 0.2) is 61.5 Å². The third-order valence-corrected chi connectivity index (χ3v) is 6.65. The first-order valence-corrected chi connectivity index (χ1v) is 10.7. The van der Waals surface area contributed by atoms with Crippen LogP contribution >= 0.6 is 27.3 Å². The Labute approximate surface area is 173 Å². The van der Waals surface area contributed by atoms with Crippen molar-refractivity contribution in [2.45, 2.75) is 25.7 Å². The van der Waals surface area contributed by atoms with Crippen LogP contribution in [-0.2, 0) is 12.8 Å². The van der Waals surface area contributed by atoms with Crippen LogP contribution in [0.2, 0.25) is 0 Å². The molecule has 0 spiro atoms. The second-order valence-corrected chi connectivity index (χ2v) is 8.74. The smallest absolute Gasteiger partial charge is 0.282 e. The minimum atomic E-state index is -0.111. The number of hydrogen-bond donors (Lipinski definition) is 0. The molecule has 0 aliphatic heterocycles. The fraction of sp³-hybridized carbons (Fsp3) is 0.190. The quantitative estimate of drug-likeness (QED) is 0.398. The Morgan fingerprint density at radius 1 is 1.14 bits per heavy atom. The summed E-state index contributed by atoms with van der Waals surface area (Å²) in [6.45, 7) is 0. The highest BCUT2D eigenvalue weighted by atomic mass is 79.9. The highest BCUT2D eigenvalue weighted by Crippen LogP contribution is 2.33. The van der Waals surface area contributed by atoms with Crippen molar-refractivity contribution in [3.05, 3.63) is 73.8 Å². The van der Waals surface area contributed by atoms with Crippen molar-refractivity contribution in [1.29, 1.82) is 0 Å². The second-order valence-electron chi connectivity index (χ2n) is 6.74. The molecule has 1 aliphatic rings. The average molecular weight is 454 g/mol. The first kappa shape index (κ1) is 17.6. The lowest BCUT2D eigenvalue weighted by atomic mass is 9.97. The zero-order chi connectivity index (χ0) is 19.1. The lowest BCUT2D eigenvalue weighted by molar-refractivity contribution is 0.574. The van der Waals surface area contributed by atoms with Crippen LogP contribution in [-0.4, -0.2) is 15.9 Å². The van der Waals surface area contributed by atoms with E-state index in [9.17, 15) is 4.79 Å². The van der Waals surface area contributed by atoms with Gasteiger partial charge in [0.05, 0.1) is 11.6 Å². The van der Waals surface area contributed by atoms with E-state index in [2.05, 4.69) is 26.0 Å². The van der Waals surface area contributed by atoms with Crippen LogP contribution < -0.4 is 5.56 Å². The number of benzene rings is 1. The lowest BCUT2D eigenvalue weighted by Gasteiger charge is -2.09. The Morgan fingerprint density at radius 3 is 2.82 bits per heavy atom. The van der Waals surface area contributed by atoms with Gasteiger partial charge in [0.25, 0.3) is 5.56 Å². The largest absolute Gasteiger partial charge is 0.455 e. The van der Waals surface area contributed by atoms with Crippen LogP contribution in [0.4, 0.5) is 0 Å². The zero-order valence-corrected chi connectivity index (χ0v) is 17.3. The molecule has 1 aliphatic carbocycles. The van der Waals surface area contributed by atoms with Crippen molar-refractivity contribution >= 4 is 43.7 Å². The highest BCUT2D eigenvalue weighted by molar-refractivity contribution is 9.10. The predicted octanol–water partition coefficient (Wildman–Crippen LogP) is 5.24. The Bertz CT molecular complexity index is 1250. The molecule has 28 heavy (non-hydrogen) atoms. The van der Waals surface area contributed by atoms with Crippen molar-refractivity contribution in [3.63, 3.8) is 0 Å². The van der Waals surface area contributed by atoms with E-state index < -0.39 is 0 Å². The third-order valence-electron chi connectivity index (χ3n) is 4.92. The van der Waals surface area contributed by atoms with Crippen LogP contribution in [0.5, 0.6) is 0 Å². The molecule has 0 fully saturated rings. The van der Waals surface area contributed by atoms with Gasteiger partial charge in [0.15, 0.2) is 0 Å². The van der Waals surface area contributed by atoms with E-state index >= 15 is 0 Å². The third kappa shape index (κ3) is 3.14. The molecule has 5 nitrogen and oxygen atoms in total. The van der Waals surface area contributed by atoms with Crippen molar-refractivity contribution in [2.24, 2.45) is 5.10 Å². The molecule has 0 unspecified atom stereocenters. The number of fused-ring (bicyclic) bond motifs is 3.